The Morgan fingerprint density at radius 3 is 1.19 bits per heavy atom. The summed E-state index contributed by atoms with van der Waals surface area (Å²) in [5.41, 5.74) is -4.98. The molecule has 11 rings (SSSR count). The quantitative estimate of drug-likeness (QED) is 0.00931. The molecular formula is C52H34Cl2N14O29S9. The predicted octanol–water partition coefficient (Wildman–Crippen LogP) is 9.59. The molecule has 0 atom stereocenters. The highest BCUT2D eigenvalue weighted by Crippen LogP contribution is 2.54. The van der Waals surface area contributed by atoms with Gasteiger partial charge in [-0.3, -0.25) is 36.4 Å². The summed E-state index contributed by atoms with van der Waals surface area (Å²) in [7, 11) is -44.9. The minimum absolute atomic E-state index is 0.0903. The summed E-state index contributed by atoms with van der Waals surface area (Å²) in [4.78, 5) is 12.0. The molecule has 0 unspecified atom stereocenters. The summed E-state index contributed by atoms with van der Waals surface area (Å²) in [5.74, 6) is -4.72. The second-order valence-corrected chi connectivity index (χ2v) is 33.2. The van der Waals surface area contributed by atoms with Crippen molar-refractivity contribution in [3.8, 4) is 11.5 Å². The lowest BCUT2D eigenvalue weighted by Gasteiger charge is -2.20. The number of rotatable bonds is 23. The molecule has 0 saturated heterocycles. The average molecular weight is 1680 g/mol. The van der Waals surface area contributed by atoms with Crippen LogP contribution in [-0.2, 0) is 90.3 Å². The number of nitrogens with zero attached hydrogens (tertiary/aromatic N) is 10. The molecule has 2 heterocycles. The zero-order chi connectivity index (χ0) is 77.5. The van der Waals surface area contributed by atoms with Gasteiger partial charge < -0.3 is 31.5 Å². The fourth-order valence-electron chi connectivity index (χ4n) is 10.4. The Balaban J connectivity index is 0.930. The Labute approximate surface area is 605 Å². The summed E-state index contributed by atoms with van der Waals surface area (Å²) in [5, 5.41) is 54.6. The van der Waals surface area contributed by atoms with E-state index in [2.05, 4.69) is 81.0 Å². The molecule has 0 aliphatic heterocycles. The monoisotopic (exact) mass is 1680 g/mol. The van der Waals surface area contributed by atoms with Gasteiger partial charge in [0.2, 0.25) is 34.4 Å². The molecule has 54 heteroatoms. The number of azo groups is 2. The third-order valence-electron chi connectivity index (χ3n) is 14.3. The number of phenols is 2. The summed E-state index contributed by atoms with van der Waals surface area (Å²) < 4.78 is 292. The fourth-order valence-corrected chi connectivity index (χ4v) is 18.3. The van der Waals surface area contributed by atoms with Gasteiger partial charge in [-0.2, -0.15) is 97.2 Å². The Bertz CT molecular complexity index is 6700. The van der Waals surface area contributed by atoms with Crippen molar-refractivity contribution in [1.29, 1.82) is 0 Å². The van der Waals surface area contributed by atoms with Crippen molar-refractivity contribution in [2.75, 3.05) is 21.3 Å². The topological polar surface area (TPSA) is 689 Å². The minimum Gasteiger partial charge on any atom is -0.505 e. The molecular weight excluding hydrogens is 1640 g/mol. The van der Waals surface area contributed by atoms with Crippen LogP contribution in [0.25, 0.3) is 43.1 Å². The van der Waals surface area contributed by atoms with Crippen molar-refractivity contribution >= 4 is 229 Å². The lowest BCUT2D eigenvalue weighted by atomic mass is 10.1. The van der Waals surface area contributed by atoms with E-state index in [1.54, 1.807) is 0 Å². The minimum atomic E-state index is -6.43. The number of fused-ring (bicyclic) bond motifs is 4. The molecule has 106 heavy (non-hydrogen) atoms. The number of nitrogens with one attached hydrogen (secondary N) is 4. The van der Waals surface area contributed by atoms with Gasteiger partial charge in [0.15, 0.2) is 17.2 Å². The number of benzene rings is 9. The maximum absolute atomic E-state index is 13.5. The van der Waals surface area contributed by atoms with Gasteiger partial charge in [-0.15, -0.1) is 24.8 Å². The largest absolute Gasteiger partial charge is 0.505 e. The third kappa shape index (κ3) is 16.0. The molecule has 9 aromatic carbocycles. The Morgan fingerprint density at radius 2 is 0.755 bits per heavy atom. The van der Waals surface area contributed by atoms with E-state index in [-0.39, 0.29) is 33.8 Å². The molecule has 0 saturated carbocycles. The maximum Gasteiger partial charge on any atom is 0.298 e. The summed E-state index contributed by atoms with van der Waals surface area (Å²) in [6, 6.07) is 19.0. The normalized spacial score (nSPS) is 13.0. The fraction of sp³-hybridized carbons (Fsp3) is 0. The number of aromatic hydroxyl groups is 2. The number of aromatic nitrogens is 6. The molecule has 0 aliphatic rings. The number of hydrogen-bond acceptors (Lipinski definition) is 36. The first-order chi connectivity index (χ1) is 49.2. The molecule has 15 N–H and O–H groups in total. The van der Waals surface area contributed by atoms with E-state index in [0.717, 1.165) is 78.9 Å². The van der Waals surface area contributed by atoms with Gasteiger partial charge in [0.05, 0.1) is 39.1 Å². The second kappa shape index (κ2) is 28.1. The summed E-state index contributed by atoms with van der Waals surface area (Å²) >= 11 is 12.2. The lowest BCUT2D eigenvalue weighted by Crippen LogP contribution is -2.14. The molecule has 0 radical (unpaired) electrons. The first kappa shape index (κ1) is 77.2. The predicted molar refractivity (Wildman–Crippen MR) is 366 cm³/mol. The number of hydrogen-bond donors (Lipinski definition) is 15. The van der Waals surface area contributed by atoms with Crippen molar-refractivity contribution in [2.45, 2.75) is 44.1 Å². The van der Waals surface area contributed by atoms with E-state index in [1.807, 2.05) is 0 Å². The molecule has 0 amide bonds. The van der Waals surface area contributed by atoms with Crippen LogP contribution in [0.1, 0.15) is 0 Å². The summed E-state index contributed by atoms with van der Waals surface area (Å²) in [6.45, 7) is 0. The number of halogens is 2. The van der Waals surface area contributed by atoms with Crippen LogP contribution in [-0.4, -0.2) is 149 Å². The van der Waals surface area contributed by atoms with E-state index in [0.29, 0.717) is 12.1 Å². The lowest BCUT2D eigenvalue weighted by molar-refractivity contribution is -0.432. The van der Waals surface area contributed by atoms with Gasteiger partial charge in [0.25, 0.3) is 80.9 Å². The van der Waals surface area contributed by atoms with E-state index in [1.165, 1.54) is 24.3 Å². The van der Waals surface area contributed by atoms with Crippen molar-refractivity contribution in [3.63, 3.8) is 0 Å². The SMILES string of the molecule is O=S(=O)(O)c1c(N=Nc2ccc3c(S(=O)(=O)O)cccc3c2S(=O)(=O)O)c(O)c2c(Nc3nc(Cl)nc(Nc4ccc(Nc5nc(Cl)nc(Nc6ccc(S(=O)(=O)O)c7ccc(N=Nc8ccc9c(S(=O)(=O)O)cccc9c8S(=O)(=O)O)c(O)c67)n5)cc4)n3)cc(SOOO)c(S(=O)(=O)O)c2c1S(=O)(=O)O. The second-order valence-electron chi connectivity index (χ2n) is 20.9. The van der Waals surface area contributed by atoms with Gasteiger partial charge in [0, 0.05) is 43.7 Å². The zero-order valence-electron chi connectivity index (χ0n) is 50.6. The highest BCUT2D eigenvalue weighted by atomic mass is 35.5. The van der Waals surface area contributed by atoms with Gasteiger partial charge in [-0.25, -0.2) is 5.26 Å². The van der Waals surface area contributed by atoms with E-state index >= 15 is 0 Å². The highest BCUT2D eigenvalue weighted by Gasteiger charge is 2.40. The Morgan fingerprint density at radius 1 is 0.358 bits per heavy atom. The number of anilines is 8. The van der Waals surface area contributed by atoms with E-state index < -0.39 is 238 Å². The zero-order valence-corrected chi connectivity index (χ0v) is 59.5. The molecule has 0 fully saturated rings. The highest BCUT2D eigenvalue weighted by molar-refractivity contribution is 7.95. The smallest absolute Gasteiger partial charge is 0.298 e. The Kier molecular flexibility index (Phi) is 20.5. The number of phenolic OH excluding ortho intramolecular Hbond substituents is 2. The molecule has 0 aliphatic carbocycles. The van der Waals surface area contributed by atoms with Crippen molar-refractivity contribution in [3.05, 3.63) is 126 Å². The molecule has 554 valence electrons. The van der Waals surface area contributed by atoms with Gasteiger partial charge in [-0.05, 0) is 96.0 Å². The van der Waals surface area contributed by atoms with Crippen LogP contribution >= 0.6 is 35.2 Å². The van der Waals surface area contributed by atoms with Crippen LogP contribution in [0.2, 0.25) is 10.6 Å². The molecule has 0 bridgehead atoms. The standard InChI is InChI=1S/C52H34Cl2N14O29S9/c53-47-59-49(63-51(61-47)57-27-17-18-35(101(78,79)80)26-13-14-28(40(69)36(26)27)65-66-29-15-11-22-24(42(29)102(81,82)83)3-1-5-33(22)99(72,73)74)55-20-7-9-21(10-8-20)56-50-60-48(54)62-52(64-50)58-31-19-32(98-97-96-71)44(104(87,88)89)38-37(31)41(70)39(46(106(93,94)95)45(38)105(90,91)92)68-67-30-16-12-23-25(43(30)103(84,85)86)4-2-6-34(23)100(75,76)77/h1-19,69-71H,(H,72,73,74)(H,75,76,77)(H,78,79,80)(H,81,82,83)(H,84,85,86)(H,87,88,89)(H,90,91,92)(H,93,94,95)(H2,55,57,59,61,63)(H2,56,58,60,62,64). The van der Waals surface area contributed by atoms with E-state index in [4.69, 9.17) is 28.5 Å². The molecule has 2 aromatic heterocycles. The average Bonchev–Trinajstić information content (AvgIpc) is 0.707. The first-order valence-corrected chi connectivity index (χ1v) is 40.3. The van der Waals surface area contributed by atoms with Crippen molar-refractivity contribution in [2.24, 2.45) is 20.5 Å². The van der Waals surface area contributed by atoms with Crippen LogP contribution in [0.3, 0.4) is 0 Å². The molecule has 43 nitrogen and oxygen atoms in total. The first-order valence-electron chi connectivity index (χ1n) is 27.3. The molecule has 0 spiro atoms. The van der Waals surface area contributed by atoms with Crippen LogP contribution in [0, 0.1) is 0 Å². The maximum atomic E-state index is 13.5. The third-order valence-corrected chi connectivity index (χ3v) is 22.9. The Hall–Kier alpha value is -9.87. The van der Waals surface area contributed by atoms with Crippen LogP contribution < -0.4 is 21.3 Å². The van der Waals surface area contributed by atoms with Crippen molar-refractivity contribution < 1.29 is 129 Å². The van der Waals surface area contributed by atoms with Gasteiger partial charge >= 0.3 is 0 Å². The summed E-state index contributed by atoms with van der Waals surface area (Å²) in [6.07, 6.45) is 0. The van der Waals surface area contributed by atoms with Crippen molar-refractivity contribution in [1.82, 2.24) is 29.9 Å². The molecule has 11 aromatic rings. The van der Waals surface area contributed by atoms with Crippen LogP contribution in [0.4, 0.5) is 69.3 Å². The van der Waals surface area contributed by atoms with Gasteiger partial charge in [-0.1, -0.05) is 47.5 Å². The van der Waals surface area contributed by atoms with Crippen LogP contribution in [0.5, 0.6) is 11.5 Å². The van der Waals surface area contributed by atoms with E-state index in [9.17, 15) is 114 Å². The van der Waals surface area contributed by atoms with Crippen LogP contribution in [0.15, 0.2) is 180 Å². The van der Waals surface area contributed by atoms with Gasteiger partial charge in [0.1, 0.15) is 56.2 Å².